The Kier molecular flexibility index (Phi) is 5.28. The number of aromatic nitrogens is 2. The maximum absolute atomic E-state index is 12.8. The summed E-state index contributed by atoms with van der Waals surface area (Å²) in [6.07, 6.45) is 3.74. The molecule has 1 heterocycles. The molecular weight excluding hydrogens is 390 g/mol. The molecular formula is C21H22BrN3O. The van der Waals surface area contributed by atoms with Crippen molar-refractivity contribution in [3.05, 3.63) is 76.5 Å². The molecule has 2 aromatic carbocycles. The average molecular weight is 412 g/mol. The standard InChI is InChI=1S/C21H22BrN3O/c1-15-8-4-6-10-18(15)17-13-24-25(14-17)21(2,3)20(26)23-12-16-9-5-7-11-19(16)22/h4-11,13-14H,12H2,1-3H3,(H,23,26). The lowest BCUT2D eigenvalue weighted by Gasteiger charge is -2.24. The van der Waals surface area contributed by atoms with Gasteiger partial charge in [-0.25, -0.2) is 0 Å². The van der Waals surface area contributed by atoms with Crippen molar-refractivity contribution in [2.24, 2.45) is 0 Å². The summed E-state index contributed by atoms with van der Waals surface area (Å²) < 4.78 is 2.71. The summed E-state index contributed by atoms with van der Waals surface area (Å²) in [5.41, 5.74) is 3.57. The van der Waals surface area contributed by atoms with Gasteiger partial charge in [0.25, 0.3) is 0 Å². The number of carbonyl (C=O) groups is 1. The second-order valence-electron chi connectivity index (χ2n) is 6.82. The van der Waals surface area contributed by atoms with Gasteiger partial charge in [0, 0.05) is 22.8 Å². The molecule has 0 saturated heterocycles. The van der Waals surface area contributed by atoms with Gasteiger partial charge in [-0.05, 0) is 43.5 Å². The molecule has 0 saturated carbocycles. The van der Waals surface area contributed by atoms with Crippen LogP contribution in [-0.4, -0.2) is 15.7 Å². The third kappa shape index (κ3) is 3.73. The van der Waals surface area contributed by atoms with Crippen molar-refractivity contribution in [3.8, 4) is 11.1 Å². The number of nitrogens with one attached hydrogen (secondary N) is 1. The molecule has 0 fully saturated rings. The van der Waals surface area contributed by atoms with E-state index in [1.807, 2.05) is 62.6 Å². The van der Waals surface area contributed by atoms with E-state index in [2.05, 4.69) is 45.4 Å². The lowest BCUT2D eigenvalue weighted by molar-refractivity contribution is -0.129. The summed E-state index contributed by atoms with van der Waals surface area (Å²) >= 11 is 3.51. The average Bonchev–Trinajstić information content (AvgIpc) is 3.12. The van der Waals surface area contributed by atoms with Gasteiger partial charge < -0.3 is 5.32 Å². The third-order valence-electron chi connectivity index (χ3n) is 4.56. The van der Waals surface area contributed by atoms with E-state index in [-0.39, 0.29) is 5.91 Å². The van der Waals surface area contributed by atoms with Crippen LogP contribution in [0, 0.1) is 6.92 Å². The van der Waals surface area contributed by atoms with Crippen LogP contribution in [-0.2, 0) is 16.9 Å². The predicted molar refractivity (Wildman–Crippen MR) is 108 cm³/mol. The van der Waals surface area contributed by atoms with Crippen molar-refractivity contribution in [1.82, 2.24) is 15.1 Å². The van der Waals surface area contributed by atoms with Crippen molar-refractivity contribution in [3.63, 3.8) is 0 Å². The van der Waals surface area contributed by atoms with Crippen molar-refractivity contribution in [2.75, 3.05) is 0 Å². The van der Waals surface area contributed by atoms with E-state index in [4.69, 9.17) is 0 Å². The molecule has 3 aromatic rings. The zero-order valence-corrected chi connectivity index (χ0v) is 16.7. The monoisotopic (exact) mass is 411 g/mol. The molecule has 3 rings (SSSR count). The summed E-state index contributed by atoms with van der Waals surface area (Å²) in [6, 6.07) is 16.0. The van der Waals surface area contributed by atoms with E-state index in [9.17, 15) is 4.79 Å². The van der Waals surface area contributed by atoms with E-state index in [1.165, 1.54) is 5.56 Å². The fraction of sp³-hybridized carbons (Fsp3) is 0.238. The van der Waals surface area contributed by atoms with Gasteiger partial charge >= 0.3 is 0 Å². The van der Waals surface area contributed by atoms with Crippen LogP contribution >= 0.6 is 15.9 Å². The maximum atomic E-state index is 12.8. The van der Waals surface area contributed by atoms with Crippen LogP contribution in [0.2, 0.25) is 0 Å². The molecule has 0 radical (unpaired) electrons. The number of carbonyl (C=O) groups excluding carboxylic acids is 1. The SMILES string of the molecule is Cc1ccccc1-c1cnn(C(C)(C)C(=O)NCc2ccccc2Br)c1. The summed E-state index contributed by atoms with van der Waals surface area (Å²) in [7, 11) is 0. The molecule has 1 N–H and O–H groups in total. The van der Waals surface area contributed by atoms with Crippen molar-refractivity contribution in [2.45, 2.75) is 32.9 Å². The van der Waals surface area contributed by atoms with Crippen LogP contribution in [0.15, 0.2) is 65.4 Å². The zero-order chi connectivity index (χ0) is 18.7. The highest BCUT2D eigenvalue weighted by Gasteiger charge is 2.30. The minimum Gasteiger partial charge on any atom is -0.350 e. The molecule has 26 heavy (non-hydrogen) atoms. The molecule has 0 bridgehead atoms. The van der Waals surface area contributed by atoms with Crippen LogP contribution in [0.5, 0.6) is 0 Å². The maximum Gasteiger partial charge on any atom is 0.247 e. The van der Waals surface area contributed by atoms with Crippen LogP contribution < -0.4 is 5.32 Å². The normalized spacial score (nSPS) is 11.4. The van der Waals surface area contributed by atoms with Gasteiger partial charge in [-0.3, -0.25) is 9.48 Å². The molecule has 1 aromatic heterocycles. The smallest absolute Gasteiger partial charge is 0.247 e. The number of halogens is 1. The second-order valence-corrected chi connectivity index (χ2v) is 7.68. The summed E-state index contributed by atoms with van der Waals surface area (Å²) in [5, 5.41) is 7.45. The Hall–Kier alpha value is -2.40. The number of aryl methyl sites for hydroxylation is 1. The van der Waals surface area contributed by atoms with Gasteiger partial charge in [-0.1, -0.05) is 58.4 Å². The molecule has 0 atom stereocenters. The first-order chi connectivity index (χ1) is 12.4. The number of benzene rings is 2. The lowest BCUT2D eigenvalue weighted by atomic mass is 10.0. The van der Waals surface area contributed by atoms with Crippen LogP contribution in [0.3, 0.4) is 0 Å². The molecule has 5 heteroatoms. The van der Waals surface area contributed by atoms with Gasteiger partial charge in [-0.15, -0.1) is 0 Å². The van der Waals surface area contributed by atoms with E-state index in [0.717, 1.165) is 21.2 Å². The largest absolute Gasteiger partial charge is 0.350 e. The number of hydrogen-bond acceptors (Lipinski definition) is 2. The molecule has 0 spiro atoms. The quantitative estimate of drug-likeness (QED) is 0.662. The van der Waals surface area contributed by atoms with E-state index in [1.54, 1.807) is 4.68 Å². The van der Waals surface area contributed by atoms with E-state index >= 15 is 0 Å². The number of rotatable bonds is 5. The summed E-state index contributed by atoms with van der Waals surface area (Å²) in [5.74, 6) is -0.0762. The van der Waals surface area contributed by atoms with Crippen molar-refractivity contribution < 1.29 is 4.79 Å². The van der Waals surface area contributed by atoms with Gasteiger partial charge in [0.05, 0.1) is 6.20 Å². The Labute approximate surface area is 162 Å². The van der Waals surface area contributed by atoms with Crippen molar-refractivity contribution in [1.29, 1.82) is 0 Å². The number of amides is 1. The molecule has 0 unspecified atom stereocenters. The Morgan fingerprint density at radius 3 is 2.58 bits per heavy atom. The topological polar surface area (TPSA) is 46.9 Å². The summed E-state index contributed by atoms with van der Waals surface area (Å²) in [6.45, 7) is 6.28. The molecule has 1 amide bonds. The van der Waals surface area contributed by atoms with Gasteiger partial charge in [0.2, 0.25) is 5.91 Å². The first-order valence-corrected chi connectivity index (χ1v) is 9.32. The predicted octanol–water partition coefficient (Wildman–Crippen LogP) is 4.67. The molecule has 0 aliphatic heterocycles. The summed E-state index contributed by atoms with van der Waals surface area (Å²) in [4.78, 5) is 12.8. The second kappa shape index (κ2) is 7.46. The first-order valence-electron chi connectivity index (χ1n) is 8.52. The Balaban J connectivity index is 1.76. The zero-order valence-electron chi connectivity index (χ0n) is 15.2. The third-order valence-corrected chi connectivity index (χ3v) is 5.34. The van der Waals surface area contributed by atoms with Crippen molar-refractivity contribution >= 4 is 21.8 Å². The highest BCUT2D eigenvalue weighted by molar-refractivity contribution is 9.10. The fourth-order valence-corrected chi connectivity index (χ4v) is 3.23. The molecule has 134 valence electrons. The molecule has 0 aliphatic carbocycles. The highest BCUT2D eigenvalue weighted by atomic mass is 79.9. The fourth-order valence-electron chi connectivity index (χ4n) is 2.80. The molecule has 4 nitrogen and oxygen atoms in total. The van der Waals surface area contributed by atoms with Gasteiger partial charge in [0.1, 0.15) is 5.54 Å². The number of hydrogen-bond donors (Lipinski definition) is 1. The minimum absolute atomic E-state index is 0.0762. The van der Waals surface area contributed by atoms with E-state index < -0.39 is 5.54 Å². The van der Waals surface area contributed by atoms with Gasteiger partial charge in [-0.2, -0.15) is 5.10 Å². The Morgan fingerprint density at radius 2 is 1.85 bits per heavy atom. The highest BCUT2D eigenvalue weighted by Crippen LogP contribution is 2.25. The Morgan fingerprint density at radius 1 is 1.15 bits per heavy atom. The van der Waals surface area contributed by atoms with Crippen LogP contribution in [0.1, 0.15) is 25.0 Å². The van der Waals surface area contributed by atoms with Gasteiger partial charge in [0.15, 0.2) is 0 Å². The first kappa shape index (κ1) is 18.4. The number of nitrogens with zero attached hydrogens (tertiary/aromatic N) is 2. The van der Waals surface area contributed by atoms with E-state index in [0.29, 0.717) is 6.54 Å². The molecule has 0 aliphatic rings. The Bertz CT molecular complexity index is 930. The van der Waals surface area contributed by atoms with Crippen LogP contribution in [0.4, 0.5) is 0 Å². The lowest BCUT2D eigenvalue weighted by Crippen LogP contribution is -2.44. The minimum atomic E-state index is -0.789. The van der Waals surface area contributed by atoms with Crippen LogP contribution in [0.25, 0.3) is 11.1 Å².